The summed E-state index contributed by atoms with van der Waals surface area (Å²) in [5.41, 5.74) is 1.49. The first-order valence-electron chi connectivity index (χ1n) is 9.66. The van der Waals surface area contributed by atoms with Gasteiger partial charge in [-0.1, -0.05) is 25.0 Å². The van der Waals surface area contributed by atoms with Gasteiger partial charge in [0, 0.05) is 25.2 Å². The number of benzene rings is 2. The summed E-state index contributed by atoms with van der Waals surface area (Å²) in [5, 5.41) is 14.1. The van der Waals surface area contributed by atoms with Crippen LogP contribution in [0.2, 0.25) is 0 Å². The van der Waals surface area contributed by atoms with Crippen LogP contribution in [0.4, 0.5) is 17.1 Å². The molecule has 0 aliphatic carbocycles. The maximum atomic E-state index is 13.1. The van der Waals surface area contributed by atoms with Crippen molar-refractivity contribution in [2.75, 3.05) is 29.9 Å². The fourth-order valence-electron chi connectivity index (χ4n) is 3.45. The molecule has 2 aromatic carbocycles. The van der Waals surface area contributed by atoms with Gasteiger partial charge >= 0.3 is 0 Å². The molecule has 1 fully saturated rings. The Balaban J connectivity index is 1.94. The smallest absolute Gasteiger partial charge is 0.270 e. The Kier molecular flexibility index (Phi) is 6.47. The summed E-state index contributed by atoms with van der Waals surface area (Å²) < 4.78 is 5.57. The molecule has 148 valence electrons. The summed E-state index contributed by atoms with van der Waals surface area (Å²) in [5.74, 6) is 0.190. The van der Waals surface area contributed by atoms with Crippen LogP contribution in [0.5, 0.6) is 5.75 Å². The van der Waals surface area contributed by atoms with Gasteiger partial charge in [-0.15, -0.1) is 0 Å². The maximum absolute atomic E-state index is 13.1. The van der Waals surface area contributed by atoms with E-state index >= 15 is 0 Å². The summed E-state index contributed by atoms with van der Waals surface area (Å²) in [6.07, 6.45) is 4.41. The van der Waals surface area contributed by atoms with Gasteiger partial charge in [-0.2, -0.15) is 0 Å². The van der Waals surface area contributed by atoms with Crippen molar-refractivity contribution in [2.24, 2.45) is 0 Å². The third-order valence-corrected chi connectivity index (χ3v) is 4.82. The summed E-state index contributed by atoms with van der Waals surface area (Å²) in [7, 11) is 0. The Labute approximate surface area is 164 Å². The lowest BCUT2D eigenvalue weighted by molar-refractivity contribution is -0.384. The van der Waals surface area contributed by atoms with Gasteiger partial charge in [-0.05, 0) is 38.0 Å². The van der Waals surface area contributed by atoms with E-state index in [1.807, 2.05) is 13.0 Å². The van der Waals surface area contributed by atoms with Crippen molar-refractivity contribution in [3.63, 3.8) is 0 Å². The van der Waals surface area contributed by atoms with Crippen LogP contribution in [0.1, 0.15) is 43.0 Å². The molecular formula is C21H25N3O4. The highest BCUT2D eigenvalue weighted by molar-refractivity contribution is 6.09. The fourth-order valence-corrected chi connectivity index (χ4v) is 3.45. The zero-order valence-electron chi connectivity index (χ0n) is 16.0. The van der Waals surface area contributed by atoms with Crippen molar-refractivity contribution in [3.8, 4) is 5.75 Å². The van der Waals surface area contributed by atoms with E-state index in [1.54, 1.807) is 24.3 Å². The Morgan fingerprint density at radius 1 is 1.14 bits per heavy atom. The molecule has 7 heteroatoms. The van der Waals surface area contributed by atoms with Crippen LogP contribution >= 0.6 is 0 Å². The maximum Gasteiger partial charge on any atom is 0.270 e. The van der Waals surface area contributed by atoms with Crippen molar-refractivity contribution in [1.29, 1.82) is 0 Å². The summed E-state index contributed by atoms with van der Waals surface area (Å²) >= 11 is 0. The molecule has 0 atom stereocenters. The molecule has 0 bridgehead atoms. The number of carbonyl (C=O) groups excluding carboxylic acids is 1. The van der Waals surface area contributed by atoms with Gasteiger partial charge in [0.15, 0.2) is 0 Å². The second kappa shape index (κ2) is 9.21. The highest BCUT2D eigenvalue weighted by atomic mass is 16.6. The monoisotopic (exact) mass is 383 g/mol. The lowest BCUT2D eigenvalue weighted by Gasteiger charge is -2.25. The highest BCUT2D eigenvalue weighted by Crippen LogP contribution is 2.30. The Morgan fingerprint density at radius 3 is 2.54 bits per heavy atom. The zero-order valence-corrected chi connectivity index (χ0v) is 16.0. The van der Waals surface area contributed by atoms with Crippen LogP contribution in [0.25, 0.3) is 0 Å². The number of hydrogen-bond donors (Lipinski definition) is 1. The molecule has 1 saturated heterocycles. The predicted molar refractivity (Wildman–Crippen MR) is 109 cm³/mol. The van der Waals surface area contributed by atoms with Crippen molar-refractivity contribution in [3.05, 3.63) is 58.1 Å². The van der Waals surface area contributed by atoms with Crippen molar-refractivity contribution in [1.82, 2.24) is 0 Å². The minimum atomic E-state index is -0.475. The summed E-state index contributed by atoms with van der Waals surface area (Å²) in [6, 6.07) is 11.7. The lowest BCUT2D eigenvalue weighted by atomic mass is 10.1. The number of anilines is 2. The molecule has 0 unspecified atom stereocenters. The Hall–Kier alpha value is -3.09. The molecule has 1 amide bonds. The van der Waals surface area contributed by atoms with Gasteiger partial charge in [0.1, 0.15) is 5.75 Å². The number of nitrogens with zero attached hydrogens (tertiary/aromatic N) is 2. The molecule has 1 aliphatic rings. The number of nitro groups is 1. The standard InChI is InChI=1S/C21H25N3O4/c1-2-28-20-10-6-5-9-18(20)22-21(25)17-15-16(24(26)27)11-12-19(17)23-13-7-3-4-8-14-23/h5-6,9-12,15H,2-4,7-8,13-14H2,1H3,(H,22,25). The summed E-state index contributed by atoms with van der Waals surface area (Å²) in [4.78, 5) is 26.0. The van der Waals surface area contributed by atoms with E-state index in [4.69, 9.17) is 4.74 Å². The molecule has 0 aromatic heterocycles. The molecule has 7 nitrogen and oxygen atoms in total. The van der Waals surface area contributed by atoms with E-state index in [1.165, 1.54) is 12.1 Å². The van der Waals surface area contributed by atoms with E-state index in [-0.39, 0.29) is 11.6 Å². The largest absolute Gasteiger partial charge is 0.492 e. The van der Waals surface area contributed by atoms with Gasteiger partial charge in [0.25, 0.3) is 11.6 Å². The van der Waals surface area contributed by atoms with E-state index in [0.29, 0.717) is 23.6 Å². The first-order chi connectivity index (χ1) is 13.6. The fraction of sp³-hybridized carbons (Fsp3) is 0.381. The average Bonchev–Trinajstić information content (AvgIpc) is 2.98. The second-order valence-electron chi connectivity index (χ2n) is 6.74. The summed E-state index contributed by atoms with van der Waals surface area (Å²) in [6.45, 7) is 4.03. The first kappa shape index (κ1) is 19.7. The number of rotatable bonds is 6. The predicted octanol–water partition coefficient (Wildman–Crippen LogP) is 4.63. The molecule has 0 spiro atoms. The second-order valence-corrected chi connectivity index (χ2v) is 6.74. The minimum Gasteiger partial charge on any atom is -0.492 e. The minimum absolute atomic E-state index is 0.0955. The number of hydrogen-bond acceptors (Lipinski definition) is 5. The number of nitrogens with one attached hydrogen (secondary N) is 1. The van der Waals surface area contributed by atoms with Crippen LogP contribution in [0, 0.1) is 10.1 Å². The third kappa shape index (κ3) is 4.60. The van der Waals surface area contributed by atoms with Crippen LogP contribution in [-0.4, -0.2) is 30.5 Å². The topological polar surface area (TPSA) is 84.7 Å². The Bertz CT molecular complexity index is 845. The molecule has 1 heterocycles. The number of carbonyl (C=O) groups is 1. The zero-order chi connectivity index (χ0) is 19.9. The average molecular weight is 383 g/mol. The number of ether oxygens (including phenoxy) is 1. The quantitative estimate of drug-likeness (QED) is 0.581. The molecule has 1 aliphatic heterocycles. The molecule has 1 N–H and O–H groups in total. The van der Waals surface area contributed by atoms with E-state index in [2.05, 4.69) is 10.2 Å². The molecule has 2 aromatic rings. The van der Waals surface area contributed by atoms with Crippen LogP contribution in [0.3, 0.4) is 0 Å². The molecular weight excluding hydrogens is 358 g/mol. The van der Waals surface area contributed by atoms with Crippen LogP contribution < -0.4 is 15.0 Å². The number of non-ortho nitro benzene ring substituents is 1. The van der Waals surface area contributed by atoms with E-state index in [0.717, 1.165) is 44.5 Å². The van der Waals surface area contributed by atoms with Crippen LogP contribution in [-0.2, 0) is 0 Å². The normalized spacial score (nSPS) is 14.2. The van der Waals surface area contributed by atoms with Gasteiger partial charge < -0.3 is 15.0 Å². The molecule has 3 rings (SSSR count). The molecule has 0 saturated carbocycles. The Morgan fingerprint density at radius 2 is 1.86 bits per heavy atom. The van der Waals surface area contributed by atoms with Crippen molar-refractivity contribution < 1.29 is 14.5 Å². The number of amides is 1. The van der Waals surface area contributed by atoms with Crippen molar-refractivity contribution >= 4 is 23.0 Å². The van der Waals surface area contributed by atoms with Gasteiger partial charge in [0.2, 0.25) is 0 Å². The number of para-hydroxylation sites is 2. The van der Waals surface area contributed by atoms with Gasteiger partial charge in [-0.25, -0.2) is 0 Å². The van der Waals surface area contributed by atoms with Gasteiger partial charge in [0.05, 0.1) is 28.5 Å². The van der Waals surface area contributed by atoms with Crippen LogP contribution in [0.15, 0.2) is 42.5 Å². The molecule has 28 heavy (non-hydrogen) atoms. The SMILES string of the molecule is CCOc1ccccc1NC(=O)c1cc([N+](=O)[O-])ccc1N1CCCCCC1. The molecule has 0 radical (unpaired) electrons. The van der Waals surface area contributed by atoms with Crippen molar-refractivity contribution in [2.45, 2.75) is 32.6 Å². The van der Waals surface area contributed by atoms with Gasteiger partial charge in [-0.3, -0.25) is 14.9 Å². The van der Waals surface area contributed by atoms with E-state index in [9.17, 15) is 14.9 Å². The lowest BCUT2D eigenvalue weighted by Crippen LogP contribution is -2.27. The highest BCUT2D eigenvalue weighted by Gasteiger charge is 2.22. The first-order valence-corrected chi connectivity index (χ1v) is 9.66. The van der Waals surface area contributed by atoms with E-state index < -0.39 is 4.92 Å². The number of nitro benzene ring substituents is 1. The third-order valence-electron chi connectivity index (χ3n) is 4.82.